The van der Waals surface area contributed by atoms with Gasteiger partial charge in [0.15, 0.2) is 6.29 Å². The number of carbonyl (C=O) groups excluding carboxylic acids is 1. The number of rotatable bonds is 3. The van der Waals surface area contributed by atoms with Crippen LogP contribution in [-0.2, 0) is 0 Å². The van der Waals surface area contributed by atoms with Gasteiger partial charge in [0.2, 0.25) is 0 Å². The molecule has 1 fully saturated rings. The van der Waals surface area contributed by atoms with Gasteiger partial charge in [-0.3, -0.25) is 4.79 Å². The maximum Gasteiger partial charge on any atom is 0.156 e. The van der Waals surface area contributed by atoms with Crippen molar-refractivity contribution in [3.8, 4) is 0 Å². The minimum Gasteiger partial charge on any atom is -0.354 e. The van der Waals surface area contributed by atoms with Gasteiger partial charge in [-0.2, -0.15) is 11.8 Å². The highest BCUT2D eigenvalue weighted by molar-refractivity contribution is 8.00. The van der Waals surface area contributed by atoms with Crippen LogP contribution >= 0.6 is 23.4 Å². The maximum atomic E-state index is 11.0. The van der Waals surface area contributed by atoms with Gasteiger partial charge in [-0.25, -0.2) is 9.97 Å². The summed E-state index contributed by atoms with van der Waals surface area (Å²) in [7, 11) is 0. The maximum absolute atomic E-state index is 11.0. The summed E-state index contributed by atoms with van der Waals surface area (Å²) in [4.78, 5) is 21.2. The van der Waals surface area contributed by atoms with Gasteiger partial charge in [0.25, 0.3) is 0 Å². The second kappa shape index (κ2) is 5.69. The molecule has 0 N–H and O–H groups in total. The third kappa shape index (κ3) is 2.72. The minimum atomic E-state index is 0.233. The van der Waals surface area contributed by atoms with Gasteiger partial charge in [-0.05, 0) is 6.42 Å². The number of hydrogen-bond acceptors (Lipinski definition) is 5. The van der Waals surface area contributed by atoms with Crippen molar-refractivity contribution in [1.29, 1.82) is 0 Å². The fraction of sp³-hybridized carbons (Fsp3) is 0.545. The lowest BCUT2D eigenvalue weighted by Crippen LogP contribution is -2.38. The highest BCUT2D eigenvalue weighted by Crippen LogP contribution is 2.27. The number of aldehydes is 1. The normalized spacial score (nSPS) is 20.4. The topological polar surface area (TPSA) is 46.1 Å². The molecule has 4 nitrogen and oxygen atoms in total. The van der Waals surface area contributed by atoms with E-state index in [4.69, 9.17) is 11.6 Å². The molecular weight excluding hydrogens is 258 g/mol. The van der Waals surface area contributed by atoms with Crippen molar-refractivity contribution < 1.29 is 4.79 Å². The summed E-state index contributed by atoms with van der Waals surface area (Å²) in [6, 6.07) is 0. The third-order valence-electron chi connectivity index (χ3n) is 2.83. The number of halogens is 1. The molecule has 1 atom stereocenters. The van der Waals surface area contributed by atoms with Crippen molar-refractivity contribution in [1.82, 2.24) is 9.97 Å². The van der Waals surface area contributed by atoms with E-state index < -0.39 is 0 Å². The number of hydrogen-bond donors (Lipinski definition) is 0. The molecule has 0 amide bonds. The summed E-state index contributed by atoms with van der Waals surface area (Å²) in [5.74, 6) is 1.72. The molecule has 1 aliphatic heterocycles. The van der Waals surface area contributed by atoms with E-state index in [2.05, 4.69) is 21.8 Å². The number of nitrogens with zero attached hydrogens (tertiary/aromatic N) is 3. The Bertz CT molecular complexity index is 416. The lowest BCUT2D eigenvalue weighted by Gasteiger charge is -2.33. The molecule has 2 rings (SSSR count). The summed E-state index contributed by atoms with van der Waals surface area (Å²) in [6.07, 6.45) is 3.27. The van der Waals surface area contributed by atoms with E-state index >= 15 is 0 Å². The Kier molecular flexibility index (Phi) is 4.23. The highest BCUT2D eigenvalue weighted by atomic mass is 35.5. The number of carbonyl (C=O) groups is 1. The Morgan fingerprint density at radius 1 is 1.65 bits per heavy atom. The fourth-order valence-corrected chi connectivity index (χ4v) is 3.23. The summed E-state index contributed by atoms with van der Waals surface area (Å²) >= 11 is 7.88. The summed E-state index contributed by atoms with van der Waals surface area (Å²) in [5.41, 5.74) is 0.399. The van der Waals surface area contributed by atoms with E-state index in [0.29, 0.717) is 16.6 Å². The Labute approximate surface area is 110 Å². The largest absolute Gasteiger partial charge is 0.354 e. The van der Waals surface area contributed by atoms with Crippen LogP contribution in [0.25, 0.3) is 0 Å². The van der Waals surface area contributed by atoms with Crippen molar-refractivity contribution in [2.75, 3.05) is 23.7 Å². The lowest BCUT2D eigenvalue weighted by molar-refractivity contribution is 0.112. The van der Waals surface area contributed by atoms with E-state index in [0.717, 1.165) is 31.5 Å². The van der Waals surface area contributed by atoms with E-state index in [1.165, 1.54) is 6.33 Å². The van der Waals surface area contributed by atoms with Crippen LogP contribution < -0.4 is 4.90 Å². The third-order valence-corrected chi connectivity index (χ3v) is 4.50. The first-order valence-electron chi connectivity index (χ1n) is 5.58. The molecule has 92 valence electrons. The second-order valence-corrected chi connectivity index (χ2v) is 5.63. The Morgan fingerprint density at radius 3 is 3.18 bits per heavy atom. The zero-order valence-electron chi connectivity index (χ0n) is 9.60. The average Bonchev–Trinajstić information content (AvgIpc) is 2.38. The van der Waals surface area contributed by atoms with Gasteiger partial charge >= 0.3 is 0 Å². The van der Waals surface area contributed by atoms with Crippen LogP contribution in [0.15, 0.2) is 6.33 Å². The molecule has 2 heterocycles. The standard InChI is InChI=1S/C11H14ClN3OS/c1-2-8-5-15(3-4-17-8)11-9(6-16)10(12)13-7-14-11/h6-8H,2-5H2,1H3. The molecular formula is C11H14ClN3OS. The Hall–Kier alpha value is -0.810. The summed E-state index contributed by atoms with van der Waals surface area (Å²) < 4.78 is 0. The second-order valence-electron chi connectivity index (χ2n) is 3.87. The molecule has 6 heteroatoms. The van der Waals surface area contributed by atoms with Gasteiger partial charge in [0.1, 0.15) is 17.3 Å². The van der Waals surface area contributed by atoms with Crippen LogP contribution in [0.4, 0.5) is 5.82 Å². The molecule has 1 saturated heterocycles. The van der Waals surface area contributed by atoms with Gasteiger partial charge in [0.05, 0.1) is 5.56 Å². The van der Waals surface area contributed by atoms with Crippen molar-refractivity contribution in [3.63, 3.8) is 0 Å². The smallest absolute Gasteiger partial charge is 0.156 e. The molecule has 1 aliphatic rings. The molecule has 1 aromatic rings. The summed E-state index contributed by atoms with van der Waals surface area (Å²) in [5, 5.41) is 0.827. The van der Waals surface area contributed by atoms with Crippen molar-refractivity contribution in [3.05, 3.63) is 17.0 Å². The molecule has 0 aliphatic carbocycles. The molecule has 0 saturated carbocycles. The SMILES string of the molecule is CCC1CN(c2ncnc(Cl)c2C=O)CCS1. The van der Waals surface area contributed by atoms with Gasteiger partial charge in [-0.1, -0.05) is 18.5 Å². The van der Waals surface area contributed by atoms with Crippen LogP contribution in [0.5, 0.6) is 0 Å². The quantitative estimate of drug-likeness (QED) is 0.623. The Balaban J connectivity index is 2.27. The highest BCUT2D eigenvalue weighted by Gasteiger charge is 2.23. The van der Waals surface area contributed by atoms with Crippen LogP contribution in [-0.4, -0.2) is 40.3 Å². The van der Waals surface area contributed by atoms with Crippen molar-refractivity contribution in [2.45, 2.75) is 18.6 Å². The Morgan fingerprint density at radius 2 is 2.47 bits per heavy atom. The van der Waals surface area contributed by atoms with E-state index in [1.807, 2.05) is 11.8 Å². The summed E-state index contributed by atoms with van der Waals surface area (Å²) in [6.45, 7) is 3.99. The van der Waals surface area contributed by atoms with Gasteiger partial charge < -0.3 is 4.90 Å². The molecule has 0 spiro atoms. The first-order valence-corrected chi connectivity index (χ1v) is 7.01. The molecule has 17 heavy (non-hydrogen) atoms. The number of thioether (sulfide) groups is 1. The fourth-order valence-electron chi connectivity index (χ4n) is 1.88. The molecule has 0 aromatic carbocycles. The molecule has 1 unspecified atom stereocenters. The van der Waals surface area contributed by atoms with Crippen LogP contribution in [0.2, 0.25) is 5.15 Å². The minimum absolute atomic E-state index is 0.233. The van der Waals surface area contributed by atoms with E-state index in [1.54, 1.807) is 0 Å². The van der Waals surface area contributed by atoms with E-state index in [9.17, 15) is 4.79 Å². The molecule has 0 radical (unpaired) electrons. The average molecular weight is 272 g/mol. The monoisotopic (exact) mass is 271 g/mol. The van der Waals surface area contributed by atoms with E-state index in [-0.39, 0.29) is 5.15 Å². The lowest BCUT2D eigenvalue weighted by atomic mass is 10.2. The number of anilines is 1. The van der Waals surface area contributed by atoms with Crippen molar-refractivity contribution in [2.24, 2.45) is 0 Å². The first-order chi connectivity index (χ1) is 8.26. The molecule has 1 aromatic heterocycles. The zero-order chi connectivity index (χ0) is 12.3. The van der Waals surface area contributed by atoms with Crippen LogP contribution in [0.3, 0.4) is 0 Å². The first kappa shape index (κ1) is 12.6. The predicted molar refractivity (Wildman–Crippen MR) is 71.2 cm³/mol. The van der Waals surface area contributed by atoms with Gasteiger partial charge in [0, 0.05) is 24.1 Å². The van der Waals surface area contributed by atoms with Gasteiger partial charge in [-0.15, -0.1) is 0 Å². The van der Waals surface area contributed by atoms with Crippen LogP contribution in [0.1, 0.15) is 23.7 Å². The zero-order valence-corrected chi connectivity index (χ0v) is 11.2. The van der Waals surface area contributed by atoms with Crippen molar-refractivity contribution >= 4 is 35.5 Å². The predicted octanol–water partition coefficient (Wildman–Crippen LogP) is 2.27. The molecule has 0 bridgehead atoms. The van der Waals surface area contributed by atoms with Crippen LogP contribution in [0, 0.1) is 0 Å². The number of aromatic nitrogens is 2.